The van der Waals surface area contributed by atoms with E-state index in [-0.39, 0.29) is 5.56 Å². The molecule has 1 aromatic carbocycles. The lowest BCUT2D eigenvalue weighted by Crippen LogP contribution is -2.02. The summed E-state index contributed by atoms with van der Waals surface area (Å²) in [6.07, 6.45) is 2.16. The average Bonchev–Trinajstić information content (AvgIpc) is 2.29. The van der Waals surface area contributed by atoms with Crippen molar-refractivity contribution in [3.05, 3.63) is 40.7 Å². The number of pyridine rings is 1. The Morgan fingerprint density at radius 2 is 2.06 bits per heavy atom. The Balaban J connectivity index is 2.25. The summed E-state index contributed by atoms with van der Waals surface area (Å²) < 4.78 is 5.57. The number of aromatic nitrogens is 1. The van der Waals surface area contributed by atoms with Gasteiger partial charge in [0.2, 0.25) is 5.56 Å². The second-order valence-corrected chi connectivity index (χ2v) is 3.77. The van der Waals surface area contributed by atoms with Crippen LogP contribution >= 0.6 is 0 Å². The SMILES string of the molecule is CCCCOc1ccc2ccc(=O)[nH]c2c1. The lowest BCUT2D eigenvalue weighted by Gasteiger charge is -2.06. The molecule has 2 rings (SSSR count). The van der Waals surface area contributed by atoms with Crippen molar-refractivity contribution in [2.24, 2.45) is 0 Å². The third-order valence-electron chi connectivity index (χ3n) is 2.46. The van der Waals surface area contributed by atoms with Crippen LogP contribution in [-0.4, -0.2) is 11.6 Å². The summed E-state index contributed by atoms with van der Waals surface area (Å²) in [5.41, 5.74) is 0.736. The van der Waals surface area contributed by atoms with Crippen molar-refractivity contribution in [2.45, 2.75) is 19.8 Å². The van der Waals surface area contributed by atoms with E-state index >= 15 is 0 Å². The highest BCUT2D eigenvalue weighted by molar-refractivity contribution is 5.79. The Kier molecular flexibility index (Phi) is 3.25. The molecule has 0 saturated heterocycles. The second-order valence-electron chi connectivity index (χ2n) is 3.77. The van der Waals surface area contributed by atoms with Crippen LogP contribution in [-0.2, 0) is 0 Å². The average molecular weight is 217 g/mol. The molecule has 0 bridgehead atoms. The van der Waals surface area contributed by atoms with Crippen LogP contribution in [0.1, 0.15) is 19.8 Å². The van der Waals surface area contributed by atoms with E-state index in [2.05, 4.69) is 11.9 Å². The van der Waals surface area contributed by atoms with Crippen molar-refractivity contribution in [1.82, 2.24) is 4.98 Å². The molecule has 0 fully saturated rings. The minimum Gasteiger partial charge on any atom is -0.494 e. The Labute approximate surface area is 94.1 Å². The Hall–Kier alpha value is -1.77. The van der Waals surface area contributed by atoms with Gasteiger partial charge in [0.25, 0.3) is 0 Å². The summed E-state index contributed by atoms with van der Waals surface area (Å²) in [7, 11) is 0. The number of unbranched alkanes of at least 4 members (excludes halogenated alkanes) is 1. The van der Waals surface area contributed by atoms with Crippen LogP contribution in [0.25, 0.3) is 10.9 Å². The van der Waals surface area contributed by atoms with Gasteiger partial charge in [-0.2, -0.15) is 0 Å². The van der Waals surface area contributed by atoms with Crippen LogP contribution in [0, 0.1) is 0 Å². The largest absolute Gasteiger partial charge is 0.494 e. The number of rotatable bonds is 4. The van der Waals surface area contributed by atoms with Crippen molar-refractivity contribution in [1.29, 1.82) is 0 Å². The summed E-state index contributed by atoms with van der Waals surface area (Å²) in [5.74, 6) is 0.808. The van der Waals surface area contributed by atoms with E-state index in [9.17, 15) is 4.79 Å². The molecular weight excluding hydrogens is 202 g/mol. The molecule has 0 radical (unpaired) electrons. The first-order valence-corrected chi connectivity index (χ1v) is 5.55. The number of hydrogen-bond acceptors (Lipinski definition) is 2. The maximum absolute atomic E-state index is 11.2. The molecule has 84 valence electrons. The van der Waals surface area contributed by atoms with Gasteiger partial charge in [-0.05, 0) is 30.0 Å². The first-order chi connectivity index (χ1) is 7.79. The zero-order valence-electron chi connectivity index (χ0n) is 9.32. The smallest absolute Gasteiger partial charge is 0.248 e. The van der Waals surface area contributed by atoms with E-state index in [1.165, 1.54) is 6.07 Å². The highest BCUT2D eigenvalue weighted by Crippen LogP contribution is 2.18. The van der Waals surface area contributed by atoms with Crippen molar-refractivity contribution in [2.75, 3.05) is 6.61 Å². The quantitative estimate of drug-likeness (QED) is 0.800. The Morgan fingerprint density at radius 1 is 1.25 bits per heavy atom. The first-order valence-electron chi connectivity index (χ1n) is 5.55. The minimum atomic E-state index is -0.0850. The maximum atomic E-state index is 11.2. The van der Waals surface area contributed by atoms with Gasteiger partial charge in [0.1, 0.15) is 5.75 Å². The summed E-state index contributed by atoms with van der Waals surface area (Å²) in [4.78, 5) is 13.9. The fourth-order valence-electron chi connectivity index (χ4n) is 1.55. The van der Waals surface area contributed by atoms with Crippen molar-refractivity contribution < 1.29 is 4.74 Å². The molecule has 3 nitrogen and oxygen atoms in total. The molecule has 0 saturated carbocycles. The van der Waals surface area contributed by atoms with Gasteiger partial charge in [-0.3, -0.25) is 4.79 Å². The van der Waals surface area contributed by atoms with Crippen molar-refractivity contribution in [3.8, 4) is 5.75 Å². The molecule has 0 aliphatic heterocycles. The zero-order chi connectivity index (χ0) is 11.4. The molecule has 0 aliphatic rings. The number of nitrogens with one attached hydrogen (secondary N) is 1. The van der Waals surface area contributed by atoms with E-state index in [0.29, 0.717) is 0 Å². The van der Waals surface area contributed by atoms with E-state index in [1.54, 1.807) is 0 Å². The molecule has 16 heavy (non-hydrogen) atoms. The lowest BCUT2D eigenvalue weighted by molar-refractivity contribution is 0.310. The third kappa shape index (κ3) is 2.42. The summed E-state index contributed by atoms with van der Waals surface area (Å²) >= 11 is 0. The molecular formula is C13H15NO2. The standard InChI is InChI=1S/C13H15NO2/c1-2-3-8-16-11-6-4-10-5-7-13(15)14-12(10)9-11/h4-7,9H,2-3,8H2,1H3,(H,14,15). The highest BCUT2D eigenvalue weighted by atomic mass is 16.5. The molecule has 0 unspecified atom stereocenters. The van der Waals surface area contributed by atoms with Crippen molar-refractivity contribution in [3.63, 3.8) is 0 Å². The molecule has 0 amide bonds. The topological polar surface area (TPSA) is 42.1 Å². The summed E-state index contributed by atoms with van der Waals surface area (Å²) in [5, 5.41) is 1.02. The van der Waals surface area contributed by atoms with Gasteiger partial charge in [-0.1, -0.05) is 13.3 Å². The van der Waals surface area contributed by atoms with Crippen LogP contribution in [0.15, 0.2) is 35.1 Å². The van der Waals surface area contributed by atoms with Crippen LogP contribution in [0.2, 0.25) is 0 Å². The monoisotopic (exact) mass is 217 g/mol. The summed E-state index contributed by atoms with van der Waals surface area (Å²) in [6.45, 7) is 2.85. The number of aromatic amines is 1. The molecule has 1 aromatic heterocycles. The van der Waals surface area contributed by atoms with Gasteiger partial charge in [0.15, 0.2) is 0 Å². The fourth-order valence-corrected chi connectivity index (χ4v) is 1.55. The number of hydrogen-bond donors (Lipinski definition) is 1. The minimum absolute atomic E-state index is 0.0850. The Morgan fingerprint density at radius 3 is 2.88 bits per heavy atom. The molecule has 3 heteroatoms. The molecule has 0 aliphatic carbocycles. The van der Waals surface area contributed by atoms with Gasteiger partial charge in [-0.25, -0.2) is 0 Å². The lowest BCUT2D eigenvalue weighted by atomic mass is 10.2. The predicted molar refractivity (Wildman–Crippen MR) is 65.0 cm³/mol. The maximum Gasteiger partial charge on any atom is 0.248 e. The van der Waals surface area contributed by atoms with Crippen molar-refractivity contribution >= 4 is 10.9 Å². The predicted octanol–water partition coefficient (Wildman–Crippen LogP) is 2.71. The number of ether oxygens (including phenoxy) is 1. The normalized spacial score (nSPS) is 10.6. The number of H-pyrrole nitrogens is 1. The molecule has 1 heterocycles. The van der Waals surface area contributed by atoms with Crippen LogP contribution in [0.3, 0.4) is 0 Å². The van der Waals surface area contributed by atoms with Gasteiger partial charge < -0.3 is 9.72 Å². The second kappa shape index (κ2) is 4.84. The molecule has 2 aromatic rings. The fraction of sp³-hybridized carbons (Fsp3) is 0.308. The van der Waals surface area contributed by atoms with Crippen LogP contribution in [0.4, 0.5) is 0 Å². The molecule has 0 atom stereocenters. The molecule has 1 N–H and O–H groups in total. The van der Waals surface area contributed by atoms with Gasteiger partial charge in [0, 0.05) is 12.1 Å². The van der Waals surface area contributed by atoms with Gasteiger partial charge >= 0.3 is 0 Å². The first kappa shape index (κ1) is 10.7. The van der Waals surface area contributed by atoms with Crippen LogP contribution in [0.5, 0.6) is 5.75 Å². The zero-order valence-corrected chi connectivity index (χ0v) is 9.32. The number of benzene rings is 1. The summed E-state index contributed by atoms with van der Waals surface area (Å²) in [6, 6.07) is 9.08. The Bertz CT molecular complexity index is 531. The highest BCUT2D eigenvalue weighted by Gasteiger charge is 1.97. The van der Waals surface area contributed by atoms with Crippen LogP contribution < -0.4 is 10.3 Å². The van der Waals surface area contributed by atoms with Gasteiger partial charge in [-0.15, -0.1) is 0 Å². The number of fused-ring (bicyclic) bond motifs is 1. The van der Waals surface area contributed by atoms with Gasteiger partial charge in [0.05, 0.1) is 12.1 Å². The van der Waals surface area contributed by atoms with E-state index < -0.39 is 0 Å². The van der Waals surface area contributed by atoms with E-state index in [0.717, 1.165) is 36.1 Å². The molecule has 0 spiro atoms. The van der Waals surface area contributed by atoms with E-state index in [1.807, 2.05) is 24.3 Å². The van der Waals surface area contributed by atoms with E-state index in [4.69, 9.17) is 4.74 Å². The third-order valence-corrected chi connectivity index (χ3v) is 2.46.